The van der Waals surface area contributed by atoms with Gasteiger partial charge in [0.1, 0.15) is 0 Å². The lowest BCUT2D eigenvalue weighted by molar-refractivity contribution is 0.873. The number of benzene rings is 2. The van der Waals surface area contributed by atoms with Crippen LogP contribution >= 0.6 is 7.92 Å². The molecule has 0 aliphatic heterocycles. The number of hydrogen-bond donors (Lipinski definition) is 0. The maximum absolute atomic E-state index is 2.35. The lowest BCUT2D eigenvalue weighted by Crippen LogP contribution is -2.15. The Morgan fingerprint density at radius 2 is 1.41 bits per heavy atom. The van der Waals surface area contributed by atoms with E-state index in [9.17, 15) is 0 Å². The van der Waals surface area contributed by atoms with Gasteiger partial charge in [0.25, 0.3) is 0 Å². The molecule has 1 atom stereocenters. The second-order valence-electron chi connectivity index (χ2n) is 4.61. The molecule has 0 unspecified atom stereocenters. The molecule has 0 N–H and O–H groups in total. The third-order valence-corrected chi connectivity index (χ3v) is 5.27. The molecular weight excluding hydrogens is 223 g/mol. The first kappa shape index (κ1) is 12.3. The predicted octanol–water partition coefficient (Wildman–Crippen LogP) is 3.87. The van der Waals surface area contributed by atoms with Gasteiger partial charge >= 0.3 is 0 Å². The zero-order valence-corrected chi connectivity index (χ0v) is 11.6. The topological polar surface area (TPSA) is 0 Å². The highest BCUT2D eigenvalue weighted by atomic mass is 31.1. The summed E-state index contributed by atoms with van der Waals surface area (Å²) in [5, 5.41) is 2.97. The monoisotopic (exact) mass is 242 g/mol. The van der Waals surface area contributed by atoms with Crippen LogP contribution in [0.25, 0.3) is 0 Å². The van der Waals surface area contributed by atoms with Crippen LogP contribution in [-0.2, 0) is 0 Å². The van der Waals surface area contributed by atoms with Gasteiger partial charge in [-0.2, -0.15) is 0 Å². The first-order chi connectivity index (χ1) is 8.20. The van der Waals surface area contributed by atoms with Crippen molar-refractivity contribution < 1.29 is 0 Å². The maximum Gasteiger partial charge on any atom is -0.0163 e. The Morgan fingerprint density at radius 1 is 0.824 bits per heavy atom. The summed E-state index contributed by atoms with van der Waals surface area (Å²) >= 11 is 0. The molecule has 1 heteroatoms. The highest BCUT2D eigenvalue weighted by Gasteiger charge is 2.13. The fraction of sp³-hybridized carbons (Fsp3) is 0.250. The first-order valence-corrected chi connectivity index (χ1v) is 7.86. The van der Waals surface area contributed by atoms with Crippen LogP contribution in [0.1, 0.15) is 25.3 Å². The summed E-state index contributed by atoms with van der Waals surface area (Å²) in [6.07, 6.45) is 0. The van der Waals surface area contributed by atoms with Crippen molar-refractivity contribution in [2.45, 2.75) is 19.8 Å². The molecule has 2 aromatic rings. The maximum atomic E-state index is 2.35. The minimum absolute atomic E-state index is 0.224. The van der Waals surface area contributed by atoms with Crippen LogP contribution in [-0.4, -0.2) is 6.66 Å². The number of rotatable bonds is 3. The molecule has 0 aromatic heterocycles. The Balaban J connectivity index is 2.41. The van der Waals surface area contributed by atoms with E-state index in [1.165, 1.54) is 16.2 Å². The second-order valence-corrected chi connectivity index (χ2v) is 6.72. The molecule has 0 amide bonds. The molecule has 0 saturated heterocycles. The van der Waals surface area contributed by atoms with Gasteiger partial charge in [-0.15, -0.1) is 0 Å². The van der Waals surface area contributed by atoms with Crippen LogP contribution < -0.4 is 10.6 Å². The molecule has 0 bridgehead atoms. The largest absolute Gasteiger partial charge is 0.0622 e. The van der Waals surface area contributed by atoms with E-state index in [1.54, 1.807) is 0 Å². The molecule has 2 rings (SSSR count). The average molecular weight is 242 g/mol. The third kappa shape index (κ3) is 2.76. The predicted molar refractivity (Wildman–Crippen MR) is 79.1 cm³/mol. The molecule has 17 heavy (non-hydrogen) atoms. The summed E-state index contributed by atoms with van der Waals surface area (Å²) in [4.78, 5) is 0. The molecular formula is C16H19P. The first-order valence-electron chi connectivity index (χ1n) is 6.08. The van der Waals surface area contributed by atoms with E-state index < -0.39 is 0 Å². The van der Waals surface area contributed by atoms with Crippen LogP contribution in [0, 0.1) is 0 Å². The Bertz CT molecular complexity index is 474. The minimum atomic E-state index is -0.224. The van der Waals surface area contributed by atoms with Crippen molar-refractivity contribution in [2.24, 2.45) is 0 Å². The lowest BCUT2D eigenvalue weighted by atomic mass is 10.0. The lowest BCUT2D eigenvalue weighted by Gasteiger charge is -2.19. The Kier molecular flexibility index (Phi) is 3.97. The molecule has 0 saturated carbocycles. The number of hydrogen-bond acceptors (Lipinski definition) is 0. The van der Waals surface area contributed by atoms with Crippen LogP contribution in [0.5, 0.6) is 0 Å². The minimum Gasteiger partial charge on any atom is -0.0622 e. The van der Waals surface area contributed by atoms with Gasteiger partial charge < -0.3 is 0 Å². The Morgan fingerprint density at radius 3 is 2.06 bits per heavy atom. The van der Waals surface area contributed by atoms with Gasteiger partial charge in [-0.25, -0.2) is 0 Å². The van der Waals surface area contributed by atoms with Crippen molar-refractivity contribution in [3.8, 4) is 0 Å². The average Bonchev–Trinajstić information content (AvgIpc) is 2.39. The summed E-state index contributed by atoms with van der Waals surface area (Å²) in [5.74, 6) is 0.597. The molecule has 0 aliphatic rings. The summed E-state index contributed by atoms with van der Waals surface area (Å²) in [6.45, 7) is 6.89. The Hall–Kier alpha value is -1.13. The molecule has 0 radical (unpaired) electrons. The Labute approximate surface area is 105 Å². The highest BCUT2D eigenvalue weighted by molar-refractivity contribution is 7.72. The van der Waals surface area contributed by atoms with Crippen LogP contribution in [0.2, 0.25) is 0 Å². The summed E-state index contributed by atoms with van der Waals surface area (Å²) in [7, 11) is -0.224. The van der Waals surface area contributed by atoms with Gasteiger partial charge in [0.15, 0.2) is 0 Å². The normalized spacial score (nSPS) is 12.7. The molecule has 0 spiro atoms. The molecule has 0 nitrogen and oxygen atoms in total. The summed E-state index contributed by atoms with van der Waals surface area (Å²) < 4.78 is 0. The van der Waals surface area contributed by atoms with Gasteiger partial charge in [-0.3, -0.25) is 0 Å². The third-order valence-electron chi connectivity index (χ3n) is 3.06. The second kappa shape index (κ2) is 5.47. The smallest absolute Gasteiger partial charge is 0.0163 e. The van der Waals surface area contributed by atoms with Gasteiger partial charge in [0, 0.05) is 0 Å². The van der Waals surface area contributed by atoms with Crippen molar-refractivity contribution in [1.82, 2.24) is 0 Å². The van der Waals surface area contributed by atoms with Crippen molar-refractivity contribution >= 4 is 18.5 Å². The summed E-state index contributed by atoms with van der Waals surface area (Å²) in [5.41, 5.74) is 1.49. The molecule has 88 valence electrons. The SMILES string of the molecule is CC(C)c1ccccc1[P@](C)c1ccccc1. The molecule has 2 aromatic carbocycles. The zero-order valence-electron chi connectivity index (χ0n) is 10.7. The van der Waals surface area contributed by atoms with Gasteiger partial charge in [-0.1, -0.05) is 68.4 Å². The molecule has 0 fully saturated rings. The van der Waals surface area contributed by atoms with Crippen molar-refractivity contribution in [1.29, 1.82) is 0 Å². The van der Waals surface area contributed by atoms with Crippen molar-refractivity contribution in [3.63, 3.8) is 0 Å². The fourth-order valence-electron chi connectivity index (χ4n) is 2.07. The zero-order chi connectivity index (χ0) is 12.3. The highest BCUT2D eigenvalue weighted by Crippen LogP contribution is 2.32. The fourth-order valence-corrected chi connectivity index (χ4v) is 4.00. The van der Waals surface area contributed by atoms with Crippen molar-refractivity contribution in [2.75, 3.05) is 6.66 Å². The van der Waals surface area contributed by atoms with Crippen LogP contribution in [0.4, 0.5) is 0 Å². The molecule has 0 aliphatic carbocycles. The van der Waals surface area contributed by atoms with Crippen LogP contribution in [0.15, 0.2) is 54.6 Å². The summed E-state index contributed by atoms with van der Waals surface area (Å²) in [6, 6.07) is 19.7. The van der Waals surface area contributed by atoms with E-state index in [1.807, 2.05) is 0 Å². The van der Waals surface area contributed by atoms with Crippen molar-refractivity contribution in [3.05, 3.63) is 60.2 Å². The van der Waals surface area contributed by atoms with Gasteiger partial charge in [-0.05, 0) is 36.7 Å². The van der Waals surface area contributed by atoms with E-state index in [0.29, 0.717) is 5.92 Å². The quantitative estimate of drug-likeness (QED) is 0.717. The van der Waals surface area contributed by atoms with E-state index in [4.69, 9.17) is 0 Å². The van der Waals surface area contributed by atoms with Crippen LogP contribution in [0.3, 0.4) is 0 Å². The van der Waals surface area contributed by atoms with E-state index in [0.717, 1.165) is 0 Å². The molecule has 0 heterocycles. The van der Waals surface area contributed by atoms with Gasteiger partial charge in [0.2, 0.25) is 0 Å². The van der Waals surface area contributed by atoms with E-state index in [-0.39, 0.29) is 7.92 Å². The van der Waals surface area contributed by atoms with Gasteiger partial charge in [0.05, 0.1) is 0 Å². The van der Waals surface area contributed by atoms with E-state index in [2.05, 4.69) is 75.1 Å². The van der Waals surface area contributed by atoms with E-state index >= 15 is 0 Å². The standard InChI is InChI=1S/C16H19P/c1-13(2)15-11-7-8-12-16(15)17(3)14-9-5-4-6-10-14/h4-13H,1-3H3/t17-/m1/s1.